The van der Waals surface area contributed by atoms with Crippen LogP contribution < -0.4 is 15.2 Å². The van der Waals surface area contributed by atoms with E-state index in [1.54, 1.807) is 11.3 Å². The number of nitrogens with two attached hydrogens (primary N) is 1. The molecule has 2 N–H and O–H groups in total. The first-order valence-corrected chi connectivity index (χ1v) is 8.28. The number of rotatable bonds is 3. The molecule has 2 aromatic rings. The fourth-order valence-electron chi connectivity index (χ4n) is 2.53. The quantitative estimate of drug-likeness (QED) is 0.939. The van der Waals surface area contributed by atoms with Crippen LogP contribution in [0.25, 0.3) is 0 Å². The fraction of sp³-hybridized carbons (Fsp3) is 0.412. The predicted octanol–water partition coefficient (Wildman–Crippen LogP) is 3.77. The molecule has 1 aliphatic rings. The summed E-state index contributed by atoms with van der Waals surface area (Å²) < 4.78 is 11.6. The molecule has 0 radical (unpaired) electrons. The van der Waals surface area contributed by atoms with Crippen molar-refractivity contribution in [3.8, 4) is 11.5 Å². The molecule has 0 saturated carbocycles. The van der Waals surface area contributed by atoms with Gasteiger partial charge in [0.15, 0.2) is 11.5 Å². The number of hydrogen-bond donors (Lipinski definition) is 1. The average Bonchev–Trinajstić information content (AvgIpc) is 2.91. The van der Waals surface area contributed by atoms with Crippen LogP contribution in [0.5, 0.6) is 11.5 Å². The van der Waals surface area contributed by atoms with Gasteiger partial charge in [0.1, 0.15) is 0 Å². The Bertz CT molecular complexity index is 623. The van der Waals surface area contributed by atoms with Gasteiger partial charge in [0.2, 0.25) is 0 Å². The van der Waals surface area contributed by atoms with Gasteiger partial charge in [0, 0.05) is 10.8 Å². The van der Waals surface area contributed by atoms with E-state index in [0.29, 0.717) is 19.1 Å². The van der Waals surface area contributed by atoms with Gasteiger partial charge in [-0.2, -0.15) is 0 Å². The van der Waals surface area contributed by atoms with Gasteiger partial charge in [-0.15, -0.1) is 11.3 Å². The molecule has 0 aliphatic carbocycles. The third-order valence-electron chi connectivity index (χ3n) is 3.82. The smallest absolute Gasteiger partial charge is 0.161 e. The fourth-order valence-corrected chi connectivity index (χ4v) is 3.55. The van der Waals surface area contributed by atoms with Gasteiger partial charge >= 0.3 is 0 Å². The molecule has 21 heavy (non-hydrogen) atoms. The van der Waals surface area contributed by atoms with Crippen molar-refractivity contribution in [3.63, 3.8) is 0 Å². The molecule has 0 spiro atoms. The van der Waals surface area contributed by atoms with Crippen molar-refractivity contribution in [1.29, 1.82) is 0 Å². The van der Waals surface area contributed by atoms with E-state index in [0.717, 1.165) is 23.5 Å². The number of hydrogen-bond acceptors (Lipinski definition) is 4. The Kier molecular flexibility index (Phi) is 4.17. The van der Waals surface area contributed by atoms with Crippen molar-refractivity contribution in [1.82, 2.24) is 0 Å². The number of ether oxygens (including phenoxy) is 2. The highest BCUT2D eigenvalue weighted by atomic mass is 32.1. The van der Waals surface area contributed by atoms with E-state index >= 15 is 0 Å². The topological polar surface area (TPSA) is 44.5 Å². The first-order chi connectivity index (χ1) is 10.2. The van der Waals surface area contributed by atoms with Gasteiger partial charge in [0.25, 0.3) is 0 Å². The van der Waals surface area contributed by atoms with Crippen molar-refractivity contribution in [2.75, 3.05) is 13.2 Å². The number of thiophene rings is 1. The highest BCUT2D eigenvalue weighted by molar-refractivity contribution is 7.10. The molecule has 0 saturated heterocycles. The Hall–Kier alpha value is -1.52. The second kappa shape index (κ2) is 6.08. The van der Waals surface area contributed by atoms with Crippen LogP contribution in [0.2, 0.25) is 0 Å². The molecule has 0 amide bonds. The number of fused-ring (bicyclic) bond motifs is 1. The maximum absolute atomic E-state index is 6.45. The Balaban J connectivity index is 1.90. The molecule has 1 aliphatic heterocycles. The zero-order valence-electron chi connectivity index (χ0n) is 12.5. The van der Waals surface area contributed by atoms with E-state index in [4.69, 9.17) is 15.2 Å². The molecule has 3 rings (SSSR count). The monoisotopic (exact) mass is 303 g/mol. The zero-order chi connectivity index (χ0) is 14.8. The highest BCUT2D eigenvalue weighted by Gasteiger charge is 2.19. The van der Waals surface area contributed by atoms with E-state index in [-0.39, 0.29) is 6.04 Å². The third-order valence-corrected chi connectivity index (χ3v) is 4.86. The molecular weight excluding hydrogens is 282 g/mol. The summed E-state index contributed by atoms with van der Waals surface area (Å²) in [6.45, 7) is 5.67. The number of benzene rings is 1. The van der Waals surface area contributed by atoms with Crippen LogP contribution in [0.4, 0.5) is 0 Å². The van der Waals surface area contributed by atoms with Gasteiger partial charge in [-0.1, -0.05) is 19.9 Å². The van der Waals surface area contributed by atoms with E-state index in [1.807, 2.05) is 18.2 Å². The van der Waals surface area contributed by atoms with Gasteiger partial charge in [-0.3, -0.25) is 0 Å². The minimum atomic E-state index is -0.102. The molecule has 2 unspecified atom stereocenters. The summed E-state index contributed by atoms with van der Waals surface area (Å²) in [6.07, 6.45) is 1.01. The summed E-state index contributed by atoms with van der Waals surface area (Å²) in [4.78, 5) is 1.24. The van der Waals surface area contributed by atoms with Crippen molar-refractivity contribution in [2.24, 2.45) is 11.7 Å². The summed E-state index contributed by atoms with van der Waals surface area (Å²) in [5.74, 6) is 2.03. The minimum Gasteiger partial charge on any atom is -0.489 e. The Morgan fingerprint density at radius 1 is 1.24 bits per heavy atom. The molecule has 2 heterocycles. The van der Waals surface area contributed by atoms with Crippen LogP contribution >= 0.6 is 11.3 Å². The lowest BCUT2D eigenvalue weighted by Gasteiger charge is -2.15. The maximum Gasteiger partial charge on any atom is 0.161 e. The van der Waals surface area contributed by atoms with Gasteiger partial charge in [-0.05, 0) is 41.1 Å². The molecular formula is C17H21NO2S. The SMILES string of the molecule is CCc1ccsc1C(N)c1ccc2c(c1)OCC(C)CO2. The second-order valence-electron chi connectivity index (χ2n) is 5.57. The number of aryl methyl sites for hydroxylation is 1. The van der Waals surface area contributed by atoms with Crippen LogP contribution in [-0.4, -0.2) is 13.2 Å². The Morgan fingerprint density at radius 2 is 2.00 bits per heavy atom. The van der Waals surface area contributed by atoms with Crippen molar-refractivity contribution in [2.45, 2.75) is 26.3 Å². The van der Waals surface area contributed by atoms with Gasteiger partial charge in [-0.25, -0.2) is 0 Å². The molecule has 1 aromatic carbocycles. The molecule has 112 valence electrons. The molecule has 0 bridgehead atoms. The van der Waals surface area contributed by atoms with Crippen LogP contribution in [0.3, 0.4) is 0 Å². The molecule has 4 heteroatoms. The molecule has 2 atom stereocenters. The lowest BCUT2D eigenvalue weighted by Crippen LogP contribution is -2.12. The van der Waals surface area contributed by atoms with Gasteiger partial charge in [0.05, 0.1) is 19.3 Å². The lowest BCUT2D eigenvalue weighted by molar-refractivity contribution is 0.228. The van der Waals surface area contributed by atoms with Crippen molar-refractivity contribution >= 4 is 11.3 Å². The first kappa shape index (κ1) is 14.4. The molecule has 3 nitrogen and oxygen atoms in total. The van der Waals surface area contributed by atoms with Crippen LogP contribution in [0, 0.1) is 5.92 Å². The van der Waals surface area contributed by atoms with E-state index in [1.165, 1.54) is 10.4 Å². The summed E-state index contributed by atoms with van der Waals surface area (Å²) in [5, 5.41) is 2.11. The minimum absolute atomic E-state index is 0.102. The molecule has 1 aromatic heterocycles. The lowest BCUT2D eigenvalue weighted by atomic mass is 10.0. The zero-order valence-corrected chi connectivity index (χ0v) is 13.3. The van der Waals surface area contributed by atoms with E-state index in [2.05, 4.69) is 25.3 Å². The second-order valence-corrected chi connectivity index (χ2v) is 6.52. The first-order valence-electron chi connectivity index (χ1n) is 7.40. The van der Waals surface area contributed by atoms with Gasteiger partial charge < -0.3 is 15.2 Å². The molecule has 0 fully saturated rings. The summed E-state index contributed by atoms with van der Waals surface area (Å²) in [5.41, 5.74) is 8.85. The Labute approximate surface area is 129 Å². The van der Waals surface area contributed by atoms with E-state index < -0.39 is 0 Å². The normalized spacial score (nSPS) is 19.1. The van der Waals surface area contributed by atoms with E-state index in [9.17, 15) is 0 Å². The van der Waals surface area contributed by atoms with Crippen molar-refractivity contribution in [3.05, 3.63) is 45.6 Å². The van der Waals surface area contributed by atoms with Crippen LogP contribution in [-0.2, 0) is 6.42 Å². The van der Waals surface area contributed by atoms with Crippen molar-refractivity contribution < 1.29 is 9.47 Å². The van der Waals surface area contributed by atoms with Crippen LogP contribution in [0.15, 0.2) is 29.6 Å². The highest BCUT2D eigenvalue weighted by Crippen LogP contribution is 2.35. The van der Waals surface area contributed by atoms with Crippen LogP contribution in [0.1, 0.15) is 35.9 Å². The summed E-state index contributed by atoms with van der Waals surface area (Å²) >= 11 is 1.72. The summed E-state index contributed by atoms with van der Waals surface area (Å²) in [6, 6.07) is 8.10. The standard InChI is InChI=1S/C17H21NO2S/c1-3-12-6-7-21-17(12)16(18)13-4-5-14-15(8-13)20-10-11(2)9-19-14/h4-8,11,16H,3,9-10,18H2,1-2H3. The predicted molar refractivity (Wildman–Crippen MR) is 86.3 cm³/mol. The Morgan fingerprint density at radius 3 is 2.76 bits per heavy atom. The average molecular weight is 303 g/mol. The summed E-state index contributed by atoms with van der Waals surface area (Å²) in [7, 11) is 0. The maximum atomic E-state index is 6.45. The largest absolute Gasteiger partial charge is 0.489 e. The third kappa shape index (κ3) is 2.92.